The van der Waals surface area contributed by atoms with E-state index in [1.54, 1.807) is 23.0 Å². The molecular formula is C20H20N4O2S. The van der Waals surface area contributed by atoms with Gasteiger partial charge in [0.1, 0.15) is 0 Å². The molecule has 0 fully saturated rings. The molecule has 0 saturated carbocycles. The Kier molecular flexibility index (Phi) is 5.93. The fourth-order valence-electron chi connectivity index (χ4n) is 2.41. The van der Waals surface area contributed by atoms with Crippen LogP contribution in [0, 0.1) is 13.8 Å². The Bertz CT molecular complexity index is 933. The van der Waals surface area contributed by atoms with Gasteiger partial charge in [-0.3, -0.25) is 20.4 Å². The van der Waals surface area contributed by atoms with Crippen LogP contribution in [0.3, 0.4) is 0 Å². The van der Waals surface area contributed by atoms with Gasteiger partial charge in [-0.15, -0.1) is 11.8 Å². The van der Waals surface area contributed by atoms with E-state index in [9.17, 15) is 9.59 Å². The van der Waals surface area contributed by atoms with Gasteiger partial charge >= 0.3 is 0 Å². The number of hydrogen-bond acceptors (Lipinski definition) is 4. The van der Waals surface area contributed by atoms with Crippen LogP contribution in [0.1, 0.15) is 21.6 Å². The van der Waals surface area contributed by atoms with Crippen LogP contribution in [0.5, 0.6) is 0 Å². The summed E-state index contributed by atoms with van der Waals surface area (Å²) in [6.45, 7) is 3.97. The molecule has 2 N–H and O–H groups in total. The molecule has 3 rings (SSSR count). The van der Waals surface area contributed by atoms with Crippen molar-refractivity contribution in [2.24, 2.45) is 0 Å². The molecule has 0 aliphatic rings. The molecule has 6 nitrogen and oxygen atoms in total. The molecule has 2 aromatic carbocycles. The van der Waals surface area contributed by atoms with E-state index in [0.717, 1.165) is 16.3 Å². The number of carbonyl (C=O) groups is 2. The first-order valence-corrected chi connectivity index (χ1v) is 9.41. The zero-order valence-electron chi connectivity index (χ0n) is 15.1. The number of nitrogens with one attached hydrogen (secondary N) is 2. The fraction of sp³-hybridized carbons (Fsp3) is 0.150. The third-order valence-electron chi connectivity index (χ3n) is 3.91. The lowest BCUT2D eigenvalue weighted by Gasteiger charge is -2.09. The lowest BCUT2D eigenvalue weighted by molar-refractivity contribution is -0.119. The summed E-state index contributed by atoms with van der Waals surface area (Å²) in [5.74, 6) is -0.411. The predicted octanol–water partition coefficient (Wildman–Crippen LogP) is 3.04. The van der Waals surface area contributed by atoms with Gasteiger partial charge in [-0.2, -0.15) is 5.10 Å². The predicted molar refractivity (Wildman–Crippen MR) is 106 cm³/mol. The van der Waals surface area contributed by atoms with E-state index >= 15 is 0 Å². The highest BCUT2D eigenvalue weighted by molar-refractivity contribution is 8.00. The third kappa shape index (κ3) is 4.98. The van der Waals surface area contributed by atoms with E-state index < -0.39 is 0 Å². The van der Waals surface area contributed by atoms with E-state index in [1.165, 1.54) is 17.3 Å². The Balaban J connectivity index is 1.49. The molecule has 0 aliphatic heterocycles. The fourth-order valence-corrected chi connectivity index (χ4v) is 3.11. The van der Waals surface area contributed by atoms with E-state index in [-0.39, 0.29) is 17.6 Å². The third-order valence-corrected chi connectivity index (χ3v) is 4.92. The molecule has 0 unspecified atom stereocenters. The highest BCUT2D eigenvalue weighted by Crippen LogP contribution is 2.17. The molecule has 138 valence electrons. The van der Waals surface area contributed by atoms with Gasteiger partial charge in [-0.1, -0.05) is 17.7 Å². The molecule has 3 aromatic rings. The number of aromatic nitrogens is 2. The summed E-state index contributed by atoms with van der Waals surface area (Å²) in [5, 5.41) is 4.23. The van der Waals surface area contributed by atoms with Crippen molar-refractivity contribution in [1.29, 1.82) is 0 Å². The second-order valence-electron chi connectivity index (χ2n) is 6.04. The maximum atomic E-state index is 12.2. The monoisotopic (exact) mass is 380 g/mol. The Morgan fingerprint density at radius 3 is 2.30 bits per heavy atom. The highest BCUT2D eigenvalue weighted by atomic mass is 32.2. The molecule has 2 amide bonds. The molecule has 0 saturated heterocycles. The second-order valence-corrected chi connectivity index (χ2v) is 7.08. The minimum Gasteiger partial charge on any atom is -0.272 e. The number of aryl methyl sites for hydroxylation is 2. The van der Waals surface area contributed by atoms with Crippen LogP contribution in [-0.4, -0.2) is 27.3 Å². The second kappa shape index (κ2) is 8.55. The maximum Gasteiger partial charge on any atom is 0.269 e. The average Bonchev–Trinajstić information content (AvgIpc) is 3.11. The van der Waals surface area contributed by atoms with Crippen molar-refractivity contribution in [2.45, 2.75) is 18.7 Å². The summed E-state index contributed by atoms with van der Waals surface area (Å²) in [4.78, 5) is 25.1. The van der Waals surface area contributed by atoms with Gasteiger partial charge in [0.25, 0.3) is 5.91 Å². The summed E-state index contributed by atoms with van der Waals surface area (Å²) < 4.78 is 1.78. The van der Waals surface area contributed by atoms with Crippen LogP contribution < -0.4 is 10.9 Å². The summed E-state index contributed by atoms with van der Waals surface area (Å²) in [5.41, 5.74) is 8.37. The topological polar surface area (TPSA) is 76.0 Å². The number of carbonyl (C=O) groups excluding carboxylic acids is 2. The first-order valence-electron chi connectivity index (χ1n) is 8.42. The van der Waals surface area contributed by atoms with Crippen LogP contribution in [-0.2, 0) is 4.79 Å². The number of rotatable bonds is 5. The lowest BCUT2D eigenvalue weighted by atomic mass is 10.2. The normalized spacial score (nSPS) is 10.4. The van der Waals surface area contributed by atoms with E-state index in [1.807, 2.05) is 56.3 Å². The molecule has 7 heteroatoms. The van der Waals surface area contributed by atoms with Crippen molar-refractivity contribution in [3.8, 4) is 5.69 Å². The molecule has 0 atom stereocenters. The van der Waals surface area contributed by atoms with Gasteiger partial charge in [0, 0.05) is 22.3 Å². The van der Waals surface area contributed by atoms with Crippen LogP contribution in [0.4, 0.5) is 0 Å². The minimum atomic E-state index is -0.368. The zero-order chi connectivity index (χ0) is 19.2. The Labute approximate surface area is 161 Å². The number of thioether (sulfide) groups is 1. The summed E-state index contributed by atoms with van der Waals surface area (Å²) in [6, 6.07) is 16.8. The highest BCUT2D eigenvalue weighted by Gasteiger charge is 2.09. The zero-order valence-corrected chi connectivity index (χ0v) is 15.9. The van der Waals surface area contributed by atoms with Crippen molar-refractivity contribution in [3.63, 3.8) is 0 Å². The van der Waals surface area contributed by atoms with Crippen molar-refractivity contribution in [2.75, 3.05) is 5.75 Å². The van der Waals surface area contributed by atoms with Gasteiger partial charge in [0.15, 0.2) is 0 Å². The molecule has 1 aromatic heterocycles. The standard InChI is InChI=1S/C20H20N4O2S/c1-14-3-9-18(10-4-14)27-13-19(25)22-23-20(26)16-5-7-17(8-6-16)24-15(2)11-12-21-24/h3-12H,13H2,1-2H3,(H,22,25)(H,23,26). The Hall–Kier alpha value is -3.06. The molecule has 0 radical (unpaired) electrons. The minimum absolute atomic E-state index is 0.223. The smallest absolute Gasteiger partial charge is 0.269 e. The van der Waals surface area contributed by atoms with E-state index in [2.05, 4.69) is 16.0 Å². The lowest BCUT2D eigenvalue weighted by Crippen LogP contribution is -2.42. The van der Waals surface area contributed by atoms with Gasteiger partial charge in [-0.05, 0) is 56.3 Å². The number of benzene rings is 2. The van der Waals surface area contributed by atoms with Crippen molar-refractivity contribution >= 4 is 23.6 Å². The van der Waals surface area contributed by atoms with Gasteiger partial charge in [0.2, 0.25) is 5.91 Å². The van der Waals surface area contributed by atoms with Gasteiger partial charge in [-0.25, -0.2) is 4.68 Å². The number of hydrogen-bond donors (Lipinski definition) is 2. The van der Waals surface area contributed by atoms with Crippen molar-refractivity contribution < 1.29 is 9.59 Å². The van der Waals surface area contributed by atoms with Crippen molar-refractivity contribution in [1.82, 2.24) is 20.6 Å². The maximum absolute atomic E-state index is 12.2. The van der Waals surface area contributed by atoms with Gasteiger partial charge in [0.05, 0.1) is 11.4 Å². The molecule has 1 heterocycles. The quantitative estimate of drug-likeness (QED) is 0.527. The van der Waals surface area contributed by atoms with Crippen molar-refractivity contribution in [3.05, 3.63) is 77.6 Å². The number of hydrazine groups is 1. The molecule has 0 aliphatic carbocycles. The summed E-state index contributed by atoms with van der Waals surface area (Å²) in [6.07, 6.45) is 1.72. The van der Waals surface area contributed by atoms with Crippen LogP contribution in [0.15, 0.2) is 65.7 Å². The molecular weight excluding hydrogens is 360 g/mol. The summed E-state index contributed by atoms with van der Waals surface area (Å²) >= 11 is 1.41. The Morgan fingerprint density at radius 1 is 0.963 bits per heavy atom. The SMILES string of the molecule is Cc1ccc(SCC(=O)NNC(=O)c2ccc(-n3nccc3C)cc2)cc1. The largest absolute Gasteiger partial charge is 0.272 e. The van der Waals surface area contributed by atoms with Crippen LogP contribution in [0.25, 0.3) is 5.69 Å². The van der Waals surface area contributed by atoms with Gasteiger partial charge < -0.3 is 0 Å². The molecule has 0 spiro atoms. The van der Waals surface area contributed by atoms with Crippen LogP contribution >= 0.6 is 11.8 Å². The first kappa shape index (κ1) is 18.7. The number of amides is 2. The number of nitrogens with zero attached hydrogens (tertiary/aromatic N) is 2. The van der Waals surface area contributed by atoms with Crippen LogP contribution in [0.2, 0.25) is 0 Å². The van der Waals surface area contributed by atoms with E-state index in [0.29, 0.717) is 5.56 Å². The summed E-state index contributed by atoms with van der Waals surface area (Å²) in [7, 11) is 0. The molecule has 27 heavy (non-hydrogen) atoms. The van der Waals surface area contributed by atoms with E-state index in [4.69, 9.17) is 0 Å². The Morgan fingerprint density at radius 2 is 1.67 bits per heavy atom. The first-order chi connectivity index (χ1) is 13.0. The molecule has 0 bridgehead atoms. The average molecular weight is 380 g/mol.